The van der Waals surface area contributed by atoms with Crippen molar-refractivity contribution in [1.82, 2.24) is 5.32 Å². The van der Waals surface area contributed by atoms with E-state index in [4.69, 9.17) is 0 Å². The molecule has 1 atom stereocenters. The Hall–Kier alpha value is -0.900. The minimum Gasteiger partial charge on any atom is -0.468 e. The van der Waals surface area contributed by atoms with Crippen LogP contribution in [-0.2, 0) is 14.3 Å². The van der Waals surface area contributed by atoms with Gasteiger partial charge in [0.05, 0.1) is 7.11 Å². The van der Waals surface area contributed by atoms with Gasteiger partial charge in [-0.2, -0.15) is 0 Å². The van der Waals surface area contributed by atoms with E-state index in [1.165, 1.54) is 7.11 Å². The number of hydrogen-bond donors (Lipinski definition) is 1. The molecule has 0 aliphatic carbocycles. The van der Waals surface area contributed by atoms with Gasteiger partial charge in [0.15, 0.2) is 0 Å². The van der Waals surface area contributed by atoms with Crippen molar-refractivity contribution in [3.05, 3.63) is 0 Å². The summed E-state index contributed by atoms with van der Waals surface area (Å²) in [5.41, 5.74) is -0.802. The van der Waals surface area contributed by atoms with Crippen LogP contribution in [0.4, 0.5) is 0 Å². The van der Waals surface area contributed by atoms with Gasteiger partial charge >= 0.3 is 5.97 Å². The van der Waals surface area contributed by atoms with E-state index < -0.39 is 5.54 Å². The van der Waals surface area contributed by atoms with Gasteiger partial charge < -0.3 is 10.1 Å². The Kier molecular flexibility index (Phi) is 2.47. The quantitative estimate of drug-likeness (QED) is 0.558. The molecule has 1 aliphatic heterocycles. The normalized spacial score (nSPS) is 30.0. The number of rotatable bonds is 1. The molecule has 1 N–H and O–H groups in total. The van der Waals surface area contributed by atoms with Crippen LogP contribution in [0.2, 0.25) is 0 Å². The standard InChI is InChI=1S/C8H13NO3/c1-8(7(11)12-2)5-6(10)3-4-9-8/h9H,3-5H2,1-2H3. The van der Waals surface area contributed by atoms with Gasteiger partial charge in [0, 0.05) is 19.4 Å². The summed E-state index contributed by atoms with van der Waals surface area (Å²) in [6.07, 6.45) is 0.742. The van der Waals surface area contributed by atoms with Crippen LogP contribution in [0, 0.1) is 0 Å². The summed E-state index contributed by atoms with van der Waals surface area (Å²) < 4.78 is 4.59. The summed E-state index contributed by atoms with van der Waals surface area (Å²) >= 11 is 0. The van der Waals surface area contributed by atoms with E-state index in [1.54, 1.807) is 6.92 Å². The summed E-state index contributed by atoms with van der Waals surface area (Å²) in [5.74, 6) is -0.253. The van der Waals surface area contributed by atoms with Gasteiger partial charge in [0.1, 0.15) is 11.3 Å². The van der Waals surface area contributed by atoms with Crippen molar-refractivity contribution >= 4 is 11.8 Å². The second kappa shape index (κ2) is 3.23. The van der Waals surface area contributed by atoms with Crippen LogP contribution >= 0.6 is 0 Å². The average molecular weight is 171 g/mol. The van der Waals surface area contributed by atoms with Crippen molar-refractivity contribution in [2.75, 3.05) is 13.7 Å². The largest absolute Gasteiger partial charge is 0.468 e. The fourth-order valence-electron chi connectivity index (χ4n) is 1.39. The molecule has 0 radical (unpaired) electrons. The third-order valence-corrected chi connectivity index (χ3v) is 2.11. The van der Waals surface area contributed by atoms with Crippen LogP contribution in [-0.4, -0.2) is 30.9 Å². The van der Waals surface area contributed by atoms with Gasteiger partial charge in [-0.3, -0.25) is 9.59 Å². The van der Waals surface area contributed by atoms with Crippen molar-refractivity contribution in [1.29, 1.82) is 0 Å². The van der Waals surface area contributed by atoms with Crippen LogP contribution in [0.25, 0.3) is 0 Å². The fraction of sp³-hybridized carbons (Fsp3) is 0.750. The molecule has 0 aromatic rings. The molecule has 0 aromatic heterocycles. The molecule has 1 heterocycles. The van der Waals surface area contributed by atoms with E-state index in [0.717, 1.165) is 0 Å². The van der Waals surface area contributed by atoms with Crippen molar-refractivity contribution in [2.45, 2.75) is 25.3 Å². The minimum absolute atomic E-state index is 0.113. The number of ether oxygens (including phenoxy) is 1. The molecule has 1 saturated heterocycles. The van der Waals surface area contributed by atoms with Crippen LogP contribution in [0.5, 0.6) is 0 Å². The minimum atomic E-state index is -0.802. The smallest absolute Gasteiger partial charge is 0.326 e. The van der Waals surface area contributed by atoms with Gasteiger partial charge in [-0.1, -0.05) is 0 Å². The predicted octanol–water partition coefficient (Wildman–Crippen LogP) is -0.129. The van der Waals surface area contributed by atoms with Crippen molar-refractivity contribution < 1.29 is 14.3 Å². The van der Waals surface area contributed by atoms with Crippen LogP contribution < -0.4 is 5.32 Å². The van der Waals surface area contributed by atoms with E-state index in [9.17, 15) is 9.59 Å². The number of Topliss-reactive ketones (excluding diaryl/α,β-unsaturated/α-hetero) is 1. The Labute approximate surface area is 71.3 Å². The number of nitrogens with one attached hydrogen (secondary N) is 1. The SMILES string of the molecule is COC(=O)C1(C)CC(=O)CCN1. The second-order valence-electron chi connectivity index (χ2n) is 3.22. The molecule has 0 spiro atoms. The summed E-state index contributed by atoms with van der Waals surface area (Å²) in [5, 5.41) is 2.98. The maximum absolute atomic E-state index is 11.2. The zero-order chi connectivity index (χ0) is 9.19. The fourth-order valence-corrected chi connectivity index (χ4v) is 1.39. The molecule has 68 valence electrons. The molecule has 0 amide bonds. The van der Waals surface area contributed by atoms with Gasteiger partial charge in [-0.05, 0) is 6.92 Å². The number of esters is 1. The van der Waals surface area contributed by atoms with Gasteiger partial charge in [0.2, 0.25) is 0 Å². The van der Waals surface area contributed by atoms with Gasteiger partial charge in [-0.25, -0.2) is 0 Å². The lowest BCUT2D eigenvalue weighted by Crippen LogP contribution is -2.55. The maximum Gasteiger partial charge on any atom is 0.326 e. The van der Waals surface area contributed by atoms with Gasteiger partial charge in [0.25, 0.3) is 0 Å². The zero-order valence-electron chi connectivity index (χ0n) is 7.35. The second-order valence-corrected chi connectivity index (χ2v) is 3.22. The molecule has 1 unspecified atom stereocenters. The summed E-state index contributed by atoms with van der Waals surface area (Å²) in [4.78, 5) is 22.2. The first-order valence-electron chi connectivity index (χ1n) is 3.93. The Balaban J connectivity index is 2.69. The summed E-state index contributed by atoms with van der Waals surface area (Å²) in [6, 6.07) is 0. The Morgan fingerprint density at radius 3 is 2.83 bits per heavy atom. The molecular formula is C8H13NO3. The molecule has 12 heavy (non-hydrogen) atoms. The monoisotopic (exact) mass is 171 g/mol. The highest BCUT2D eigenvalue weighted by Crippen LogP contribution is 2.17. The number of methoxy groups -OCH3 is 1. The topological polar surface area (TPSA) is 55.4 Å². The van der Waals surface area contributed by atoms with E-state index in [1.807, 2.05) is 0 Å². The van der Waals surface area contributed by atoms with Gasteiger partial charge in [-0.15, -0.1) is 0 Å². The number of carbonyl (C=O) groups is 2. The highest BCUT2D eigenvalue weighted by Gasteiger charge is 2.38. The third-order valence-electron chi connectivity index (χ3n) is 2.11. The lowest BCUT2D eigenvalue weighted by Gasteiger charge is -2.30. The Morgan fingerprint density at radius 1 is 1.67 bits per heavy atom. The lowest BCUT2D eigenvalue weighted by molar-refractivity contribution is -0.151. The van der Waals surface area contributed by atoms with Crippen molar-refractivity contribution in [3.8, 4) is 0 Å². The van der Waals surface area contributed by atoms with E-state index >= 15 is 0 Å². The third kappa shape index (κ3) is 1.64. The molecule has 4 nitrogen and oxygen atoms in total. The van der Waals surface area contributed by atoms with Crippen molar-refractivity contribution in [2.24, 2.45) is 0 Å². The van der Waals surface area contributed by atoms with E-state index in [0.29, 0.717) is 13.0 Å². The first-order chi connectivity index (χ1) is 5.58. The molecular weight excluding hydrogens is 158 g/mol. The highest BCUT2D eigenvalue weighted by atomic mass is 16.5. The van der Waals surface area contributed by atoms with Crippen LogP contribution in [0.1, 0.15) is 19.8 Å². The first kappa shape index (κ1) is 9.19. The maximum atomic E-state index is 11.2. The Bertz CT molecular complexity index is 214. The van der Waals surface area contributed by atoms with Crippen LogP contribution in [0.3, 0.4) is 0 Å². The molecule has 0 saturated carbocycles. The number of hydrogen-bond acceptors (Lipinski definition) is 4. The number of carbonyl (C=O) groups excluding carboxylic acids is 2. The average Bonchev–Trinajstić information content (AvgIpc) is 2.02. The number of ketones is 1. The molecule has 4 heteroatoms. The first-order valence-corrected chi connectivity index (χ1v) is 3.93. The number of piperidine rings is 1. The molecule has 1 fully saturated rings. The Morgan fingerprint density at radius 2 is 2.33 bits per heavy atom. The molecule has 1 aliphatic rings. The molecule has 0 bridgehead atoms. The van der Waals surface area contributed by atoms with Crippen molar-refractivity contribution in [3.63, 3.8) is 0 Å². The lowest BCUT2D eigenvalue weighted by atomic mass is 9.90. The molecule has 0 aromatic carbocycles. The summed E-state index contributed by atoms with van der Waals surface area (Å²) in [7, 11) is 1.33. The zero-order valence-corrected chi connectivity index (χ0v) is 7.35. The predicted molar refractivity (Wildman–Crippen MR) is 42.7 cm³/mol. The highest BCUT2D eigenvalue weighted by molar-refractivity contribution is 5.90. The van der Waals surface area contributed by atoms with E-state index in [-0.39, 0.29) is 18.2 Å². The molecule has 1 rings (SSSR count). The summed E-state index contributed by atoms with van der Waals surface area (Å²) in [6.45, 7) is 2.25. The van der Waals surface area contributed by atoms with Crippen LogP contribution in [0.15, 0.2) is 0 Å². The van der Waals surface area contributed by atoms with E-state index in [2.05, 4.69) is 10.1 Å².